The van der Waals surface area contributed by atoms with Crippen LogP contribution < -0.4 is 10.1 Å². The van der Waals surface area contributed by atoms with Crippen molar-refractivity contribution in [3.8, 4) is 5.75 Å². The topological polar surface area (TPSA) is 113 Å². The van der Waals surface area contributed by atoms with Gasteiger partial charge in [0, 0.05) is 0 Å². The fourth-order valence-electron chi connectivity index (χ4n) is 1.61. The Morgan fingerprint density at radius 1 is 1.24 bits per heavy atom. The van der Waals surface area contributed by atoms with Gasteiger partial charge in [-0.3, -0.25) is 9.59 Å². The highest BCUT2D eigenvalue weighted by Crippen LogP contribution is 2.16. The Kier molecular flexibility index (Phi) is 6.19. The highest BCUT2D eigenvalue weighted by Gasteiger charge is 2.22. The summed E-state index contributed by atoms with van der Waals surface area (Å²) in [6, 6.07) is 5.85. The molecule has 0 saturated carbocycles. The van der Waals surface area contributed by atoms with Crippen molar-refractivity contribution >= 4 is 17.8 Å². The predicted molar refractivity (Wildman–Crippen MR) is 73.1 cm³/mol. The van der Waals surface area contributed by atoms with Gasteiger partial charge in [-0.2, -0.15) is 0 Å². The third-order valence-corrected chi connectivity index (χ3v) is 2.69. The molecule has 0 aliphatic carbocycles. The summed E-state index contributed by atoms with van der Waals surface area (Å²) in [7, 11) is 0. The Bertz CT molecular complexity index is 528. The zero-order valence-corrected chi connectivity index (χ0v) is 11.5. The number of aryl methyl sites for hydroxylation is 1. The SMILES string of the molecule is Cc1ccccc1OCCC(=O)N[C@H](CC(=O)O)C(=O)O. The van der Waals surface area contributed by atoms with Gasteiger partial charge in [0.25, 0.3) is 0 Å². The van der Waals surface area contributed by atoms with Crippen molar-refractivity contribution in [3.63, 3.8) is 0 Å². The third kappa shape index (κ3) is 5.94. The van der Waals surface area contributed by atoms with Crippen molar-refractivity contribution in [1.82, 2.24) is 5.32 Å². The summed E-state index contributed by atoms with van der Waals surface area (Å²) in [5, 5.41) is 19.5. The van der Waals surface area contributed by atoms with Crippen LogP contribution in [0.2, 0.25) is 0 Å². The van der Waals surface area contributed by atoms with E-state index in [-0.39, 0.29) is 13.0 Å². The zero-order chi connectivity index (χ0) is 15.8. The third-order valence-electron chi connectivity index (χ3n) is 2.69. The number of hydrogen-bond acceptors (Lipinski definition) is 4. The fourth-order valence-corrected chi connectivity index (χ4v) is 1.61. The van der Waals surface area contributed by atoms with Crippen LogP contribution in [0, 0.1) is 6.92 Å². The molecule has 1 atom stereocenters. The van der Waals surface area contributed by atoms with E-state index in [2.05, 4.69) is 5.32 Å². The quantitative estimate of drug-likeness (QED) is 0.654. The van der Waals surface area contributed by atoms with Crippen molar-refractivity contribution in [3.05, 3.63) is 29.8 Å². The van der Waals surface area contributed by atoms with E-state index in [1.54, 1.807) is 12.1 Å². The highest BCUT2D eigenvalue weighted by molar-refractivity contribution is 5.86. The van der Waals surface area contributed by atoms with Gasteiger partial charge in [-0.15, -0.1) is 0 Å². The molecule has 0 heterocycles. The van der Waals surface area contributed by atoms with Gasteiger partial charge in [0.15, 0.2) is 0 Å². The van der Waals surface area contributed by atoms with Gasteiger partial charge in [-0.05, 0) is 18.6 Å². The van der Waals surface area contributed by atoms with E-state index in [0.29, 0.717) is 5.75 Å². The standard InChI is InChI=1S/C14H17NO6/c1-9-4-2-3-5-11(9)21-7-6-12(16)15-10(14(19)20)8-13(17)18/h2-5,10H,6-8H2,1H3,(H,15,16)(H,17,18)(H,19,20)/t10-/m1/s1. The summed E-state index contributed by atoms with van der Waals surface area (Å²) in [5.41, 5.74) is 0.923. The molecule has 0 spiro atoms. The molecule has 0 aliphatic rings. The largest absolute Gasteiger partial charge is 0.493 e. The average molecular weight is 295 g/mol. The minimum Gasteiger partial charge on any atom is -0.493 e. The van der Waals surface area contributed by atoms with Crippen LogP contribution in [0.4, 0.5) is 0 Å². The molecule has 0 aliphatic heterocycles. The van der Waals surface area contributed by atoms with Gasteiger partial charge in [0.2, 0.25) is 5.91 Å². The molecule has 1 rings (SSSR count). The molecule has 0 fully saturated rings. The molecule has 0 unspecified atom stereocenters. The minimum absolute atomic E-state index is 0.0578. The van der Waals surface area contributed by atoms with Gasteiger partial charge in [0.1, 0.15) is 11.8 Å². The molecule has 3 N–H and O–H groups in total. The van der Waals surface area contributed by atoms with Crippen LogP contribution in [0.5, 0.6) is 5.75 Å². The normalized spacial score (nSPS) is 11.5. The molecule has 7 heteroatoms. The Morgan fingerprint density at radius 3 is 2.48 bits per heavy atom. The van der Waals surface area contributed by atoms with Crippen LogP contribution in [0.1, 0.15) is 18.4 Å². The first kappa shape index (κ1) is 16.5. The summed E-state index contributed by atoms with van der Waals surface area (Å²) in [6.45, 7) is 1.94. The van der Waals surface area contributed by atoms with E-state index in [9.17, 15) is 14.4 Å². The molecular formula is C14H17NO6. The summed E-state index contributed by atoms with van der Waals surface area (Å²) >= 11 is 0. The molecular weight excluding hydrogens is 278 g/mol. The van der Waals surface area contributed by atoms with Crippen LogP contribution in [-0.2, 0) is 14.4 Å². The lowest BCUT2D eigenvalue weighted by Gasteiger charge is -2.13. The Balaban J connectivity index is 2.41. The number of carbonyl (C=O) groups is 3. The monoisotopic (exact) mass is 295 g/mol. The van der Waals surface area contributed by atoms with Crippen LogP contribution in [-0.4, -0.2) is 40.7 Å². The number of hydrogen-bond donors (Lipinski definition) is 3. The Morgan fingerprint density at radius 2 is 1.90 bits per heavy atom. The predicted octanol–water partition coefficient (Wildman–Crippen LogP) is 0.808. The van der Waals surface area contributed by atoms with E-state index in [1.165, 1.54) is 0 Å². The van der Waals surface area contributed by atoms with Crippen molar-refractivity contribution < 1.29 is 29.3 Å². The van der Waals surface area contributed by atoms with Gasteiger partial charge < -0.3 is 20.3 Å². The number of aliphatic carboxylic acids is 2. The van der Waals surface area contributed by atoms with E-state index in [1.807, 2.05) is 19.1 Å². The Hall–Kier alpha value is -2.57. The molecule has 114 valence electrons. The second-order valence-electron chi connectivity index (χ2n) is 4.42. The van der Waals surface area contributed by atoms with Gasteiger partial charge in [-0.1, -0.05) is 18.2 Å². The van der Waals surface area contributed by atoms with Gasteiger partial charge in [-0.25, -0.2) is 4.79 Å². The number of carboxylic acids is 2. The summed E-state index contributed by atoms with van der Waals surface area (Å²) in [6.07, 6.45) is -0.725. The molecule has 1 aromatic rings. The van der Waals surface area contributed by atoms with E-state index in [0.717, 1.165) is 5.56 Å². The average Bonchev–Trinajstić information content (AvgIpc) is 2.39. The molecule has 0 bridgehead atoms. The Labute approximate surface area is 121 Å². The van der Waals surface area contributed by atoms with E-state index in [4.69, 9.17) is 14.9 Å². The molecule has 7 nitrogen and oxygen atoms in total. The maximum absolute atomic E-state index is 11.6. The first-order valence-corrected chi connectivity index (χ1v) is 6.32. The maximum Gasteiger partial charge on any atom is 0.326 e. The number of carboxylic acid groups (broad SMARTS) is 2. The minimum atomic E-state index is -1.44. The molecule has 21 heavy (non-hydrogen) atoms. The number of nitrogens with one attached hydrogen (secondary N) is 1. The first-order valence-electron chi connectivity index (χ1n) is 6.32. The second-order valence-corrected chi connectivity index (χ2v) is 4.42. The maximum atomic E-state index is 11.6. The smallest absolute Gasteiger partial charge is 0.326 e. The van der Waals surface area contributed by atoms with Crippen molar-refractivity contribution in [2.45, 2.75) is 25.8 Å². The number of carbonyl (C=O) groups excluding carboxylic acids is 1. The molecule has 1 amide bonds. The number of benzene rings is 1. The van der Waals surface area contributed by atoms with Crippen molar-refractivity contribution in [1.29, 1.82) is 0 Å². The molecule has 1 aromatic carbocycles. The fraction of sp³-hybridized carbons (Fsp3) is 0.357. The molecule has 0 radical (unpaired) electrons. The lowest BCUT2D eigenvalue weighted by Crippen LogP contribution is -2.42. The van der Waals surface area contributed by atoms with E-state index >= 15 is 0 Å². The zero-order valence-electron chi connectivity index (χ0n) is 11.5. The number of amides is 1. The second kappa shape index (κ2) is 7.88. The van der Waals surface area contributed by atoms with Crippen molar-refractivity contribution in [2.24, 2.45) is 0 Å². The summed E-state index contributed by atoms with van der Waals surface area (Å²) < 4.78 is 5.41. The van der Waals surface area contributed by atoms with Crippen LogP contribution in [0.3, 0.4) is 0 Å². The molecule has 0 aromatic heterocycles. The van der Waals surface area contributed by atoms with E-state index < -0.39 is 30.3 Å². The number of rotatable bonds is 8. The molecule has 0 saturated heterocycles. The van der Waals surface area contributed by atoms with Crippen LogP contribution in [0.15, 0.2) is 24.3 Å². The van der Waals surface area contributed by atoms with Crippen LogP contribution in [0.25, 0.3) is 0 Å². The first-order chi connectivity index (χ1) is 9.90. The lowest BCUT2D eigenvalue weighted by molar-refractivity contribution is -0.147. The number of para-hydroxylation sites is 1. The van der Waals surface area contributed by atoms with Gasteiger partial charge >= 0.3 is 11.9 Å². The summed E-state index contributed by atoms with van der Waals surface area (Å²) in [4.78, 5) is 32.9. The van der Waals surface area contributed by atoms with Gasteiger partial charge in [0.05, 0.1) is 19.4 Å². The summed E-state index contributed by atoms with van der Waals surface area (Å²) in [5.74, 6) is -2.60. The van der Waals surface area contributed by atoms with Crippen molar-refractivity contribution in [2.75, 3.05) is 6.61 Å². The lowest BCUT2D eigenvalue weighted by atomic mass is 10.2. The van der Waals surface area contributed by atoms with Crippen LogP contribution >= 0.6 is 0 Å². The highest BCUT2D eigenvalue weighted by atomic mass is 16.5. The number of ether oxygens (including phenoxy) is 1.